The van der Waals surface area contributed by atoms with E-state index in [1.165, 1.54) is 0 Å². The summed E-state index contributed by atoms with van der Waals surface area (Å²) < 4.78 is 1.67. The lowest BCUT2D eigenvalue weighted by atomic mass is 9.91. The third kappa shape index (κ3) is 2.98. The molecule has 0 unspecified atom stereocenters. The topological polar surface area (TPSA) is 133 Å². The van der Waals surface area contributed by atoms with Crippen molar-refractivity contribution in [3.05, 3.63) is 53.4 Å². The average Bonchev–Trinajstić information content (AvgIpc) is 2.97. The van der Waals surface area contributed by atoms with Gasteiger partial charge < -0.3 is 16.6 Å². The van der Waals surface area contributed by atoms with Crippen LogP contribution in [0.2, 0.25) is 0 Å². The fourth-order valence-electron chi connectivity index (χ4n) is 3.69. The molecule has 3 heterocycles. The van der Waals surface area contributed by atoms with E-state index in [1.54, 1.807) is 23.0 Å². The van der Waals surface area contributed by atoms with Gasteiger partial charge in [0.2, 0.25) is 0 Å². The standard InChI is InChI=1S/C21H22N6O2/c1-10-4-6-13(24-8-10)14-9-25-21-17(26-14)16(20(23)29)19(22)27(21)18-11(2)5-7-15(28)12(18)3/h4-9,12,15,28H,22H2,1-3H3,(H2,23,29)/t12-,15-/m1/s1. The van der Waals surface area contributed by atoms with E-state index in [4.69, 9.17) is 11.5 Å². The fraction of sp³-hybridized carbons (Fsp3) is 0.238. The summed E-state index contributed by atoms with van der Waals surface area (Å²) in [4.78, 5) is 25.8. The number of hydrogen-bond donors (Lipinski definition) is 3. The number of aliphatic hydroxyl groups excluding tert-OH is 1. The summed E-state index contributed by atoms with van der Waals surface area (Å²) in [6.07, 6.45) is 6.21. The number of anilines is 1. The van der Waals surface area contributed by atoms with Crippen LogP contribution >= 0.6 is 0 Å². The van der Waals surface area contributed by atoms with E-state index < -0.39 is 12.0 Å². The van der Waals surface area contributed by atoms with Crippen molar-refractivity contribution in [2.45, 2.75) is 26.9 Å². The van der Waals surface area contributed by atoms with Crippen molar-refractivity contribution in [3.63, 3.8) is 0 Å². The van der Waals surface area contributed by atoms with Gasteiger partial charge in [-0.2, -0.15) is 0 Å². The Bertz CT molecular complexity index is 1190. The van der Waals surface area contributed by atoms with E-state index in [1.807, 2.05) is 39.0 Å². The second-order valence-corrected chi connectivity index (χ2v) is 7.31. The van der Waals surface area contributed by atoms with E-state index in [9.17, 15) is 9.90 Å². The van der Waals surface area contributed by atoms with E-state index in [2.05, 4.69) is 15.0 Å². The highest BCUT2D eigenvalue weighted by Gasteiger charge is 2.30. The normalized spacial score (nSPS) is 19.2. The lowest BCUT2D eigenvalue weighted by molar-refractivity contribution is 0.100. The minimum atomic E-state index is -0.688. The molecule has 0 aliphatic heterocycles. The summed E-state index contributed by atoms with van der Waals surface area (Å²) in [5, 5.41) is 10.3. The van der Waals surface area contributed by atoms with Crippen molar-refractivity contribution in [2.75, 3.05) is 5.73 Å². The third-order valence-electron chi connectivity index (χ3n) is 5.25. The highest BCUT2D eigenvalue weighted by molar-refractivity contribution is 6.10. The smallest absolute Gasteiger partial charge is 0.254 e. The molecule has 5 N–H and O–H groups in total. The number of nitrogens with zero attached hydrogens (tertiary/aromatic N) is 4. The molecule has 0 saturated carbocycles. The predicted molar refractivity (Wildman–Crippen MR) is 112 cm³/mol. The maximum absolute atomic E-state index is 12.2. The van der Waals surface area contributed by atoms with Crippen molar-refractivity contribution in [2.24, 2.45) is 11.7 Å². The molecule has 3 aromatic rings. The Morgan fingerprint density at radius 2 is 1.93 bits per heavy atom. The van der Waals surface area contributed by atoms with Crippen LogP contribution in [0.1, 0.15) is 29.8 Å². The van der Waals surface area contributed by atoms with E-state index in [0.29, 0.717) is 22.6 Å². The number of carbonyl (C=O) groups is 1. The molecule has 8 heteroatoms. The van der Waals surface area contributed by atoms with Gasteiger partial charge in [-0.3, -0.25) is 14.3 Å². The first-order valence-electron chi connectivity index (χ1n) is 9.26. The number of allylic oxidation sites excluding steroid dienone is 2. The van der Waals surface area contributed by atoms with Crippen molar-refractivity contribution >= 4 is 28.6 Å². The monoisotopic (exact) mass is 390 g/mol. The Morgan fingerprint density at radius 3 is 2.59 bits per heavy atom. The van der Waals surface area contributed by atoms with Crippen LogP contribution in [0, 0.1) is 12.8 Å². The van der Waals surface area contributed by atoms with Crippen LogP contribution in [0.5, 0.6) is 0 Å². The minimum absolute atomic E-state index is 0.109. The molecule has 29 heavy (non-hydrogen) atoms. The van der Waals surface area contributed by atoms with E-state index >= 15 is 0 Å². The van der Waals surface area contributed by atoms with Gasteiger partial charge in [0.05, 0.1) is 18.0 Å². The summed E-state index contributed by atoms with van der Waals surface area (Å²) in [5.41, 5.74) is 16.7. The average molecular weight is 390 g/mol. The second-order valence-electron chi connectivity index (χ2n) is 7.31. The number of rotatable bonds is 3. The van der Waals surface area contributed by atoms with Gasteiger partial charge in [0.1, 0.15) is 22.6 Å². The Morgan fingerprint density at radius 1 is 1.17 bits per heavy atom. The first-order chi connectivity index (χ1) is 13.8. The van der Waals surface area contributed by atoms with E-state index in [0.717, 1.165) is 16.8 Å². The summed E-state index contributed by atoms with van der Waals surface area (Å²) in [6.45, 7) is 5.75. The number of hydrogen-bond acceptors (Lipinski definition) is 6. The zero-order valence-electron chi connectivity index (χ0n) is 16.4. The lowest BCUT2D eigenvalue weighted by Gasteiger charge is -2.27. The molecule has 148 valence electrons. The molecule has 0 saturated heterocycles. The summed E-state index contributed by atoms with van der Waals surface area (Å²) in [7, 11) is 0. The predicted octanol–water partition coefficient (Wildman–Crippen LogP) is 2.28. The van der Waals surface area contributed by atoms with Crippen molar-refractivity contribution < 1.29 is 9.90 Å². The summed E-state index contributed by atoms with van der Waals surface area (Å²) in [6, 6.07) is 3.76. The molecule has 0 spiro atoms. The SMILES string of the molecule is CC1=C(n2c(N)c(C(N)=O)c3nc(-c4ccc(C)cn4)cnc32)[C@H](C)[C@H](O)C=C1. The second kappa shape index (κ2) is 6.82. The van der Waals surface area contributed by atoms with Gasteiger partial charge in [0, 0.05) is 17.8 Å². The van der Waals surface area contributed by atoms with Gasteiger partial charge in [0.15, 0.2) is 5.65 Å². The number of carbonyl (C=O) groups excluding carboxylic acids is 1. The number of pyridine rings is 1. The number of aliphatic hydroxyl groups is 1. The van der Waals surface area contributed by atoms with Crippen LogP contribution in [0.15, 0.2) is 42.3 Å². The first kappa shape index (κ1) is 18.8. The zero-order chi connectivity index (χ0) is 20.9. The van der Waals surface area contributed by atoms with Crippen molar-refractivity contribution in [3.8, 4) is 11.4 Å². The van der Waals surface area contributed by atoms with Crippen LogP contribution < -0.4 is 11.5 Å². The molecule has 1 aliphatic rings. The van der Waals surface area contributed by atoms with Crippen molar-refractivity contribution in [1.82, 2.24) is 19.5 Å². The molecule has 0 aromatic carbocycles. The molecular formula is C21H22N6O2. The Kier molecular flexibility index (Phi) is 4.43. The largest absolute Gasteiger partial charge is 0.388 e. The lowest BCUT2D eigenvalue weighted by Crippen LogP contribution is -2.24. The molecule has 0 bridgehead atoms. The van der Waals surface area contributed by atoms with Gasteiger partial charge >= 0.3 is 0 Å². The highest BCUT2D eigenvalue weighted by atomic mass is 16.3. The molecule has 2 atom stereocenters. The minimum Gasteiger partial charge on any atom is -0.388 e. The first-order valence-corrected chi connectivity index (χ1v) is 9.26. The molecule has 8 nitrogen and oxygen atoms in total. The summed E-state index contributed by atoms with van der Waals surface area (Å²) >= 11 is 0. The van der Waals surface area contributed by atoms with Gasteiger partial charge in [-0.1, -0.05) is 25.1 Å². The number of primary amides is 1. The molecule has 4 rings (SSSR count). The molecule has 3 aromatic heterocycles. The fourth-order valence-corrected chi connectivity index (χ4v) is 3.69. The van der Waals surface area contributed by atoms with Crippen LogP contribution in [-0.4, -0.2) is 36.6 Å². The molecule has 1 aliphatic carbocycles. The van der Waals surface area contributed by atoms with Gasteiger partial charge in [-0.15, -0.1) is 0 Å². The van der Waals surface area contributed by atoms with Gasteiger partial charge in [-0.25, -0.2) is 9.97 Å². The summed E-state index contributed by atoms with van der Waals surface area (Å²) in [5.74, 6) is -0.781. The Labute approximate surface area is 167 Å². The van der Waals surface area contributed by atoms with Crippen LogP contribution in [0.25, 0.3) is 28.2 Å². The molecular weight excluding hydrogens is 368 g/mol. The molecule has 1 amide bonds. The quantitative estimate of drug-likeness (QED) is 0.628. The number of fused-ring (bicyclic) bond motifs is 1. The number of amides is 1. The number of aromatic nitrogens is 4. The van der Waals surface area contributed by atoms with E-state index in [-0.39, 0.29) is 17.3 Å². The van der Waals surface area contributed by atoms with Crippen molar-refractivity contribution in [1.29, 1.82) is 0 Å². The maximum Gasteiger partial charge on any atom is 0.254 e. The van der Waals surface area contributed by atoms with Crippen LogP contribution in [0.4, 0.5) is 5.82 Å². The Balaban J connectivity index is 2.00. The third-order valence-corrected chi connectivity index (χ3v) is 5.25. The molecule has 0 radical (unpaired) electrons. The maximum atomic E-state index is 12.2. The number of nitrogen functional groups attached to an aromatic ring is 1. The molecule has 0 fully saturated rings. The van der Waals surface area contributed by atoms with Gasteiger partial charge in [0.25, 0.3) is 5.91 Å². The van der Waals surface area contributed by atoms with Crippen LogP contribution in [-0.2, 0) is 0 Å². The Hall–Kier alpha value is -3.52. The number of aryl methyl sites for hydroxylation is 1. The zero-order valence-corrected chi connectivity index (χ0v) is 16.4. The highest BCUT2D eigenvalue weighted by Crippen LogP contribution is 2.37. The van der Waals surface area contributed by atoms with Crippen LogP contribution in [0.3, 0.4) is 0 Å². The number of nitrogens with two attached hydrogens (primary N) is 2. The van der Waals surface area contributed by atoms with Gasteiger partial charge in [-0.05, 0) is 31.1 Å².